The predicted molar refractivity (Wildman–Crippen MR) is 142 cm³/mol. The minimum absolute atomic E-state index is 0. The zero-order chi connectivity index (χ0) is 27.9. The van der Waals surface area contributed by atoms with Crippen molar-refractivity contribution in [2.45, 2.75) is 6.92 Å². The molecule has 1 unspecified atom stereocenters. The van der Waals surface area contributed by atoms with Crippen molar-refractivity contribution >= 4 is 42.8 Å². The third-order valence-corrected chi connectivity index (χ3v) is 5.92. The fourth-order valence-corrected chi connectivity index (χ4v) is 4.02. The summed E-state index contributed by atoms with van der Waals surface area (Å²) in [6.45, 7) is 6.90. The maximum absolute atomic E-state index is 15.2. The summed E-state index contributed by atoms with van der Waals surface area (Å²) in [6, 6.07) is 9.25. The first-order chi connectivity index (χ1) is 18.7. The van der Waals surface area contributed by atoms with Gasteiger partial charge < -0.3 is 34.0 Å². The van der Waals surface area contributed by atoms with Crippen LogP contribution in [0.1, 0.15) is 12.7 Å². The number of nitrogens with one attached hydrogen (secondary N) is 1. The van der Waals surface area contributed by atoms with Gasteiger partial charge in [-0.1, -0.05) is 0 Å². The maximum Gasteiger partial charge on any atom is 1.00 e. The van der Waals surface area contributed by atoms with Crippen molar-refractivity contribution in [2.24, 2.45) is 0 Å². The third-order valence-electron chi connectivity index (χ3n) is 5.55. The van der Waals surface area contributed by atoms with Crippen LogP contribution < -0.4 is 49.2 Å². The predicted octanol–water partition coefficient (Wildman–Crippen LogP) is 0.993. The summed E-state index contributed by atoms with van der Waals surface area (Å²) < 4.78 is 30.5. The van der Waals surface area contributed by atoms with Gasteiger partial charge in [-0.15, -0.1) is 0 Å². The molecule has 0 saturated carbocycles. The number of fused-ring (bicyclic) bond motifs is 1. The SMILES string of the molecule is C=C(OC(=C\C)/C=C/c1nc(Nc2ccc(OP([O-])O)cc2)c2cc(N3CCOCC3)c(F)cc2n1)[N+](=O)[O-].[Na+]. The van der Waals surface area contributed by atoms with Crippen molar-refractivity contribution in [3.8, 4) is 5.75 Å². The van der Waals surface area contributed by atoms with Crippen LogP contribution in [-0.2, 0) is 9.47 Å². The number of morpholine rings is 1. The van der Waals surface area contributed by atoms with Gasteiger partial charge in [0.25, 0.3) is 0 Å². The molecule has 1 aliphatic rings. The van der Waals surface area contributed by atoms with E-state index in [1.807, 2.05) is 4.90 Å². The number of allylic oxidation sites excluding steroid dienone is 2. The van der Waals surface area contributed by atoms with Crippen LogP contribution in [0, 0.1) is 15.9 Å². The molecule has 0 spiro atoms. The van der Waals surface area contributed by atoms with E-state index < -0.39 is 25.2 Å². The largest absolute Gasteiger partial charge is 1.00 e. The van der Waals surface area contributed by atoms with Crippen LogP contribution in [0.4, 0.5) is 21.6 Å². The summed E-state index contributed by atoms with van der Waals surface area (Å²) in [5.74, 6) is -0.230. The molecule has 0 radical (unpaired) electrons. The molecular formula is C25H24FN5NaO7P. The Kier molecular flexibility index (Phi) is 11.3. The molecule has 2 N–H and O–H groups in total. The Labute approximate surface area is 252 Å². The number of nitrogens with zero attached hydrogens (tertiary/aromatic N) is 4. The van der Waals surface area contributed by atoms with Gasteiger partial charge in [0.1, 0.15) is 36.7 Å². The molecule has 3 aromatic rings. The van der Waals surface area contributed by atoms with Crippen molar-refractivity contribution in [2.75, 3.05) is 36.5 Å². The van der Waals surface area contributed by atoms with Crippen molar-refractivity contribution < 1.29 is 62.7 Å². The van der Waals surface area contributed by atoms with Crippen molar-refractivity contribution in [3.05, 3.63) is 88.5 Å². The van der Waals surface area contributed by atoms with E-state index in [1.165, 1.54) is 36.4 Å². The van der Waals surface area contributed by atoms with Gasteiger partial charge >= 0.3 is 35.4 Å². The van der Waals surface area contributed by atoms with E-state index in [0.717, 1.165) is 0 Å². The smallest absolute Gasteiger partial charge is 0.776 e. The summed E-state index contributed by atoms with van der Waals surface area (Å²) >= 11 is 0. The summed E-state index contributed by atoms with van der Waals surface area (Å²) in [4.78, 5) is 40.9. The van der Waals surface area contributed by atoms with Crippen LogP contribution in [0.5, 0.6) is 5.75 Å². The molecule has 1 fully saturated rings. The number of halogens is 1. The van der Waals surface area contributed by atoms with Gasteiger partial charge in [0, 0.05) is 36.8 Å². The Morgan fingerprint density at radius 2 is 1.98 bits per heavy atom. The van der Waals surface area contributed by atoms with Crippen LogP contribution >= 0.6 is 8.60 Å². The van der Waals surface area contributed by atoms with Crippen LogP contribution in [0.2, 0.25) is 0 Å². The van der Waals surface area contributed by atoms with Crippen molar-refractivity contribution in [1.29, 1.82) is 0 Å². The molecule has 15 heteroatoms. The number of anilines is 3. The average Bonchev–Trinajstić information content (AvgIpc) is 2.91. The summed E-state index contributed by atoms with van der Waals surface area (Å²) in [6.07, 6.45) is 4.40. The fourth-order valence-electron chi connectivity index (χ4n) is 3.72. The maximum atomic E-state index is 15.2. The molecule has 40 heavy (non-hydrogen) atoms. The van der Waals surface area contributed by atoms with Gasteiger partial charge in [0.15, 0.2) is 5.82 Å². The minimum Gasteiger partial charge on any atom is -0.776 e. The zero-order valence-electron chi connectivity index (χ0n) is 21.7. The summed E-state index contributed by atoms with van der Waals surface area (Å²) in [7, 11) is -2.80. The van der Waals surface area contributed by atoms with Crippen molar-refractivity contribution in [3.63, 3.8) is 0 Å². The van der Waals surface area contributed by atoms with Gasteiger partial charge in [0.05, 0.1) is 24.4 Å². The monoisotopic (exact) mass is 579 g/mol. The Hall–Kier alpha value is -3.16. The Balaban J connectivity index is 0.00000441. The quantitative estimate of drug-likeness (QED) is 0.0883. The number of rotatable bonds is 10. The molecule has 204 valence electrons. The number of aromatic nitrogens is 2. The Morgan fingerprint density at radius 1 is 1.27 bits per heavy atom. The molecule has 0 aliphatic carbocycles. The molecular weight excluding hydrogens is 555 g/mol. The number of hydrogen-bond donors (Lipinski definition) is 2. The Bertz CT molecular complexity index is 1430. The van der Waals surface area contributed by atoms with E-state index in [1.54, 1.807) is 25.1 Å². The first-order valence-electron chi connectivity index (χ1n) is 11.6. The minimum atomic E-state index is -2.80. The zero-order valence-corrected chi connectivity index (χ0v) is 24.6. The van der Waals surface area contributed by atoms with E-state index >= 15 is 4.39 Å². The third kappa shape index (κ3) is 8.18. The first kappa shape index (κ1) is 31.4. The molecule has 0 bridgehead atoms. The Morgan fingerprint density at radius 3 is 2.60 bits per heavy atom. The molecule has 2 heterocycles. The second-order valence-electron chi connectivity index (χ2n) is 8.11. The summed E-state index contributed by atoms with van der Waals surface area (Å²) in [5, 5.41) is 14.6. The normalized spacial score (nSPS) is 14.5. The number of benzene rings is 2. The summed E-state index contributed by atoms with van der Waals surface area (Å²) in [5.41, 5.74) is 1.28. The van der Waals surface area contributed by atoms with Gasteiger partial charge in [0.2, 0.25) is 0 Å². The van der Waals surface area contributed by atoms with E-state index in [0.29, 0.717) is 54.4 Å². The van der Waals surface area contributed by atoms with Gasteiger partial charge in [-0.05, 0) is 55.5 Å². The molecule has 1 saturated heterocycles. The number of ether oxygens (including phenoxy) is 2. The fraction of sp³-hybridized carbons (Fsp3) is 0.200. The van der Waals surface area contributed by atoms with Crippen LogP contribution in [-0.4, -0.2) is 46.1 Å². The van der Waals surface area contributed by atoms with Crippen LogP contribution in [0.25, 0.3) is 17.0 Å². The molecule has 2 aromatic carbocycles. The van der Waals surface area contributed by atoms with Crippen LogP contribution in [0.3, 0.4) is 0 Å². The van der Waals surface area contributed by atoms with E-state index in [-0.39, 0.29) is 46.9 Å². The van der Waals surface area contributed by atoms with Gasteiger partial charge in [-0.25, -0.2) is 14.4 Å². The second kappa shape index (κ2) is 14.5. The molecule has 4 rings (SSSR count). The molecule has 1 atom stereocenters. The van der Waals surface area contributed by atoms with E-state index in [9.17, 15) is 15.0 Å². The molecule has 1 aliphatic heterocycles. The molecule has 1 aromatic heterocycles. The van der Waals surface area contributed by atoms with Gasteiger partial charge in [-0.3, -0.25) is 10.1 Å². The van der Waals surface area contributed by atoms with Crippen molar-refractivity contribution in [1.82, 2.24) is 9.97 Å². The molecule has 12 nitrogen and oxygen atoms in total. The second-order valence-corrected chi connectivity index (χ2v) is 8.76. The number of hydrogen-bond acceptors (Lipinski definition) is 11. The topological polar surface area (TPSA) is 155 Å². The van der Waals surface area contributed by atoms with Gasteiger partial charge in [-0.2, -0.15) is 0 Å². The molecule has 0 amide bonds. The average molecular weight is 579 g/mol. The first-order valence-corrected chi connectivity index (χ1v) is 12.8. The standard InChI is InChI=1S/C25H24FN5O7P.Na/c1-3-18(37-16(2)31(32)33)8-9-24-28-22-15-21(26)23(30-10-12-36-13-11-30)14-20(22)25(29-24)27-17-4-6-19(7-5-17)38-39(34)35;/h3-9,14-15,34H,2,10-13H2,1H3,(H,27,28,29);/q-1;+1/b9-8+,18-3-;. The van der Waals surface area contributed by atoms with E-state index in [4.69, 9.17) is 18.9 Å². The number of nitro groups is 1. The van der Waals surface area contributed by atoms with E-state index in [2.05, 4.69) is 21.9 Å². The van der Waals surface area contributed by atoms with Crippen LogP contribution in [0.15, 0.2) is 66.8 Å².